The van der Waals surface area contributed by atoms with E-state index in [0.717, 1.165) is 31.8 Å². The van der Waals surface area contributed by atoms with E-state index < -0.39 is 0 Å². The molecule has 19 heavy (non-hydrogen) atoms. The molecule has 108 valence electrons. The maximum atomic E-state index is 6.07. The van der Waals surface area contributed by atoms with E-state index in [1.165, 1.54) is 58.0 Å². The highest BCUT2D eigenvalue weighted by atomic mass is 16.5. The molecule has 2 aliphatic carbocycles. The van der Waals surface area contributed by atoms with E-state index in [-0.39, 0.29) is 0 Å². The summed E-state index contributed by atoms with van der Waals surface area (Å²) in [5.41, 5.74) is 0.322. The smallest absolute Gasteiger partial charge is 0.0678 e. The molecule has 0 aromatic carbocycles. The van der Waals surface area contributed by atoms with Crippen LogP contribution in [0.5, 0.6) is 0 Å². The molecule has 2 aliphatic heterocycles. The topological polar surface area (TPSA) is 21.7 Å². The highest BCUT2D eigenvalue weighted by molar-refractivity contribution is 5.00. The second-order valence-corrected chi connectivity index (χ2v) is 7.27. The van der Waals surface area contributed by atoms with Gasteiger partial charge in [-0.2, -0.15) is 0 Å². The van der Waals surface area contributed by atoms with Crippen molar-refractivity contribution in [1.29, 1.82) is 0 Å². The van der Waals surface area contributed by atoms with Crippen molar-refractivity contribution >= 4 is 0 Å². The second kappa shape index (κ2) is 5.01. The zero-order chi connectivity index (χ0) is 12.7. The first kappa shape index (κ1) is 12.6. The van der Waals surface area contributed by atoms with Gasteiger partial charge in [-0.15, -0.1) is 0 Å². The summed E-state index contributed by atoms with van der Waals surface area (Å²) in [4.78, 5) is 2.75. The number of nitrogens with zero attached hydrogens (tertiary/aromatic N) is 1. The van der Waals surface area contributed by atoms with Crippen LogP contribution < -0.4 is 0 Å². The predicted molar refractivity (Wildman–Crippen MR) is 74.2 cm³/mol. The molecule has 0 amide bonds. The van der Waals surface area contributed by atoms with Gasteiger partial charge in [0.05, 0.1) is 12.7 Å². The van der Waals surface area contributed by atoms with Gasteiger partial charge in [-0.1, -0.05) is 6.42 Å². The number of rotatable bonds is 5. The first-order valence-corrected chi connectivity index (χ1v) is 8.29. The van der Waals surface area contributed by atoms with Crippen LogP contribution in [0.1, 0.15) is 44.9 Å². The van der Waals surface area contributed by atoms with Crippen molar-refractivity contribution < 1.29 is 9.47 Å². The van der Waals surface area contributed by atoms with Crippen molar-refractivity contribution in [2.24, 2.45) is 11.3 Å². The molecule has 4 aliphatic rings. The molecular weight excluding hydrogens is 238 g/mol. The van der Waals surface area contributed by atoms with E-state index in [0.29, 0.717) is 11.5 Å². The molecule has 3 heteroatoms. The fourth-order valence-electron chi connectivity index (χ4n) is 4.07. The Kier molecular flexibility index (Phi) is 3.33. The summed E-state index contributed by atoms with van der Waals surface area (Å²) in [5.74, 6) is 0.878. The second-order valence-electron chi connectivity index (χ2n) is 7.27. The minimum absolute atomic E-state index is 0.322. The van der Waals surface area contributed by atoms with Crippen molar-refractivity contribution in [3.05, 3.63) is 0 Å². The summed E-state index contributed by atoms with van der Waals surface area (Å²) >= 11 is 0. The maximum Gasteiger partial charge on any atom is 0.0678 e. The highest BCUT2D eigenvalue weighted by Gasteiger charge is 2.49. The van der Waals surface area contributed by atoms with Crippen LogP contribution in [-0.2, 0) is 9.47 Å². The lowest BCUT2D eigenvalue weighted by Gasteiger charge is -2.48. The van der Waals surface area contributed by atoms with Gasteiger partial charge < -0.3 is 9.47 Å². The third-order valence-electron chi connectivity index (χ3n) is 5.83. The Morgan fingerprint density at radius 1 is 1.16 bits per heavy atom. The van der Waals surface area contributed by atoms with Crippen molar-refractivity contribution in [3.8, 4) is 0 Å². The number of piperidine rings is 1. The van der Waals surface area contributed by atoms with E-state index in [4.69, 9.17) is 9.47 Å². The molecule has 4 fully saturated rings. The molecule has 0 aromatic rings. The minimum Gasteiger partial charge on any atom is -0.380 e. The molecule has 2 heterocycles. The van der Waals surface area contributed by atoms with Crippen LogP contribution in [0.25, 0.3) is 0 Å². The molecule has 0 unspecified atom stereocenters. The Bertz CT molecular complexity index is 327. The molecule has 2 atom stereocenters. The Balaban J connectivity index is 1.38. The van der Waals surface area contributed by atoms with E-state index in [1.54, 1.807) is 0 Å². The number of fused-ring (bicyclic) bond motifs is 1. The Hall–Kier alpha value is -0.120. The van der Waals surface area contributed by atoms with E-state index in [2.05, 4.69) is 4.90 Å². The van der Waals surface area contributed by atoms with Gasteiger partial charge in [-0.3, -0.25) is 4.90 Å². The van der Waals surface area contributed by atoms with Crippen LogP contribution in [0.4, 0.5) is 0 Å². The van der Waals surface area contributed by atoms with E-state index in [9.17, 15) is 0 Å². The SMILES string of the molecule is C1CC(N2CC[C@H]3OCC[C@@]3(COCC3CC3)C2)C1. The molecule has 0 N–H and O–H groups in total. The summed E-state index contributed by atoms with van der Waals surface area (Å²) in [6.45, 7) is 5.37. The summed E-state index contributed by atoms with van der Waals surface area (Å²) < 4.78 is 12.1. The van der Waals surface area contributed by atoms with Gasteiger partial charge in [0.15, 0.2) is 0 Å². The molecule has 0 radical (unpaired) electrons. The van der Waals surface area contributed by atoms with Crippen molar-refractivity contribution in [2.45, 2.75) is 57.1 Å². The summed E-state index contributed by atoms with van der Waals surface area (Å²) in [5, 5.41) is 0. The largest absolute Gasteiger partial charge is 0.380 e. The zero-order valence-electron chi connectivity index (χ0n) is 12.0. The molecule has 0 spiro atoms. The van der Waals surface area contributed by atoms with Gasteiger partial charge in [0.25, 0.3) is 0 Å². The van der Waals surface area contributed by atoms with Crippen LogP contribution in [0.15, 0.2) is 0 Å². The normalized spacial score (nSPS) is 40.1. The quantitative estimate of drug-likeness (QED) is 0.762. The molecule has 4 rings (SSSR count). The third kappa shape index (κ3) is 2.45. The fourth-order valence-corrected chi connectivity index (χ4v) is 4.07. The Morgan fingerprint density at radius 3 is 2.79 bits per heavy atom. The van der Waals surface area contributed by atoms with E-state index >= 15 is 0 Å². The average molecular weight is 265 g/mol. The Morgan fingerprint density at radius 2 is 2.05 bits per heavy atom. The minimum atomic E-state index is 0.322. The van der Waals surface area contributed by atoms with Gasteiger partial charge in [0.2, 0.25) is 0 Å². The van der Waals surface area contributed by atoms with Crippen molar-refractivity contribution in [1.82, 2.24) is 4.90 Å². The van der Waals surface area contributed by atoms with Crippen molar-refractivity contribution in [2.75, 3.05) is 32.9 Å². The maximum absolute atomic E-state index is 6.07. The van der Waals surface area contributed by atoms with Crippen LogP contribution in [-0.4, -0.2) is 50.0 Å². The van der Waals surface area contributed by atoms with Crippen LogP contribution in [0.2, 0.25) is 0 Å². The monoisotopic (exact) mass is 265 g/mol. The lowest BCUT2D eigenvalue weighted by Crippen LogP contribution is -2.56. The van der Waals surface area contributed by atoms with Crippen LogP contribution in [0.3, 0.4) is 0 Å². The Labute approximate surface area is 116 Å². The van der Waals surface area contributed by atoms with Gasteiger partial charge in [0.1, 0.15) is 0 Å². The highest BCUT2D eigenvalue weighted by Crippen LogP contribution is 2.43. The van der Waals surface area contributed by atoms with Gasteiger partial charge in [0, 0.05) is 37.8 Å². The zero-order valence-corrected chi connectivity index (χ0v) is 12.0. The van der Waals surface area contributed by atoms with Crippen LogP contribution >= 0.6 is 0 Å². The van der Waals surface area contributed by atoms with Crippen LogP contribution in [0, 0.1) is 11.3 Å². The molecule has 0 aromatic heterocycles. The molecule has 0 bridgehead atoms. The molecule has 2 saturated heterocycles. The molecular formula is C16H27NO2. The lowest BCUT2D eigenvalue weighted by atomic mass is 9.75. The van der Waals surface area contributed by atoms with Gasteiger partial charge in [-0.05, 0) is 44.4 Å². The summed E-state index contributed by atoms with van der Waals surface area (Å²) in [7, 11) is 0. The van der Waals surface area contributed by atoms with Gasteiger partial charge >= 0.3 is 0 Å². The lowest BCUT2D eigenvalue weighted by molar-refractivity contribution is -0.0806. The number of hydrogen-bond donors (Lipinski definition) is 0. The standard InChI is InChI=1S/C16H27NO2/c1-2-14(3-1)17-8-6-15-16(11-17,7-9-19-15)12-18-10-13-4-5-13/h13-15H,1-12H2/t15-,16+/m1/s1. The predicted octanol–water partition coefficient (Wildman–Crippen LogP) is 2.45. The average Bonchev–Trinajstić information content (AvgIpc) is 3.05. The van der Waals surface area contributed by atoms with E-state index in [1.807, 2.05) is 0 Å². The van der Waals surface area contributed by atoms with Gasteiger partial charge in [-0.25, -0.2) is 0 Å². The fraction of sp³-hybridized carbons (Fsp3) is 1.00. The summed E-state index contributed by atoms with van der Waals surface area (Å²) in [6.07, 6.45) is 9.97. The third-order valence-corrected chi connectivity index (χ3v) is 5.83. The number of hydrogen-bond acceptors (Lipinski definition) is 3. The molecule has 2 saturated carbocycles. The first-order valence-electron chi connectivity index (χ1n) is 8.29. The van der Waals surface area contributed by atoms with Crippen molar-refractivity contribution in [3.63, 3.8) is 0 Å². The summed E-state index contributed by atoms with van der Waals surface area (Å²) in [6, 6.07) is 0.877. The number of likely N-dealkylation sites (tertiary alicyclic amines) is 1. The molecule has 3 nitrogen and oxygen atoms in total. The first-order chi connectivity index (χ1) is 9.36. The number of ether oxygens (including phenoxy) is 2.